The van der Waals surface area contributed by atoms with E-state index >= 15 is 0 Å². The zero-order chi connectivity index (χ0) is 11.5. The van der Waals surface area contributed by atoms with Crippen molar-refractivity contribution in [3.8, 4) is 0 Å². The minimum atomic E-state index is 0.273. The molecule has 0 aliphatic rings. The van der Waals surface area contributed by atoms with E-state index in [4.69, 9.17) is 17.3 Å². The summed E-state index contributed by atoms with van der Waals surface area (Å²) in [5.74, 6) is 0.273. The second-order valence-electron chi connectivity index (χ2n) is 3.73. The molecule has 0 saturated carbocycles. The Morgan fingerprint density at radius 3 is 2.50 bits per heavy atom. The molecule has 1 aromatic heterocycles. The molecule has 3 nitrogen and oxygen atoms in total. The standard InChI is InChI=1S/C12H12ClN3/c1-8-2-4-9(5-3-8)6-10-7-11(13)12(14)16-15-10/h2-5,7H,6H2,1H3,(H2,14,16). The molecule has 82 valence electrons. The molecule has 16 heavy (non-hydrogen) atoms. The summed E-state index contributed by atoms with van der Waals surface area (Å²) in [4.78, 5) is 0. The van der Waals surface area contributed by atoms with Crippen LogP contribution in [0.2, 0.25) is 5.02 Å². The molecule has 0 atom stereocenters. The Morgan fingerprint density at radius 2 is 1.88 bits per heavy atom. The van der Waals surface area contributed by atoms with Crippen molar-refractivity contribution < 1.29 is 0 Å². The average molecular weight is 234 g/mol. The second-order valence-corrected chi connectivity index (χ2v) is 4.14. The number of benzene rings is 1. The summed E-state index contributed by atoms with van der Waals surface area (Å²) in [5, 5.41) is 8.24. The van der Waals surface area contributed by atoms with Crippen LogP contribution in [0.25, 0.3) is 0 Å². The second kappa shape index (κ2) is 4.49. The van der Waals surface area contributed by atoms with E-state index in [1.165, 1.54) is 11.1 Å². The highest BCUT2D eigenvalue weighted by atomic mass is 35.5. The largest absolute Gasteiger partial charge is 0.381 e. The van der Waals surface area contributed by atoms with Crippen LogP contribution in [-0.2, 0) is 6.42 Å². The highest BCUT2D eigenvalue weighted by molar-refractivity contribution is 6.32. The van der Waals surface area contributed by atoms with Crippen LogP contribution in [0.5, 0.6) is 0 Å². The number of aryl methyl sites for hydroxylation is 1. The lowest BCUT2D eigenvalue weighted by Gasteiger charge is -2.02. The monoisotopic (exact) mass is 233 g/mol. The summed E-state index contributed by atoms with van der Waals surface area (Å²) >= 11 is 5.88. The van der Waals surface area contributed by atoms with Crippen LogP contribution >= 0.6 is 11.6 Å². The Kier molecular flexibility index (Phi) is 3.06. The molecular formula is C12H12ClN3. The molecule has 4 heteroatoms. The first-order valence-electron chi connectivity index (χ1n) is 4.98. The van der Waals surface area contributed by atoms with E-state index in [9.17, 15) is 0 Å². The molecule has 2 rings (SSSR count). The summed E-state index contributed by atoms with van der Waals surface area (Å²) in [7, 11) is 0. The van der Waals surface area contributed by atoms with E-state index in [2.05, 4.69) is 41.4 Å². The van der Waals surface area contributed by atoms with Crippen molar-refractivity contribution in [2.75, 3.05) is 5.73 Å². The molecule has 0 saturated heterocycles. The lowest BCUT2D eigenvalue weighted by atomic mass is 10.1. The molecule has 0 amide bonds. The third-order valence-corrected chi connectivity index (χ3v) is 2.63. The van der Waals surface area contributed by atoms with Gasteiger partial charge in [-0.3, -0.25) is 0 Å². The lowest BCUT2D eigenvalue weighted by molar-refractivity contribution is 0.944. The molecule has 0 spiro atoms. The fourth-order valence-electron chi connectivity index (χ4n) is 1.42. The highest BCUT2D eigenvalue weighted by Crippen LogP contribution is 2.17. The van der Waals surface area contributed by atoms with Crippen molar-refractivity contribution in [2.45, 2.75) is 13.3 Å². The van der Waals surface area contributed by atoms with Gasteiger partial charge in [-0.1, -0.05) is 41.4 Å². The summed E-state index contributed by atoms with van der Waals surface area (Å²) in [5.41, 5.74) is 8.74. The van der Waals surface area contributed by atoms with Crippen LogP contribution in [0.1, 0.15) is 16.8 Å². The third kappa shape index (κ3) is 2.49. The number of aromatic nitrogens is 2. The van der Waals surface area contributed by atoms with Gasteiger partial charge in [0.2, 0.25) is 0 Å². The molecule has 0 radical (unpaired) electrons. The van der Waals surface area contributed by atoms with Crippen molar-refractivity contribution >= 4 is 17.4 Å². The number of nitrogen functional groups attached to an aromatic ring is 1. The molecule has 1 heterocycles. The van der Waals surface area contributed by atoms with Gasteiger partial charge in [0.15, 0.2) is 5.82 Å². The Bertz CT molecular complexity index is 494. The third-order valence-electron chi connectivity index (χ3n) is 2.33. The van der Waals surface area contributed by atoms with Crippen molar-refractivity contribution in [3.05, 3.63) is 52.2 Å². The molecule has 1 aromatic carbocycles. The minimum absolute atomic E-state index is 0.273. The molecular weight excluding hydrogens is 222 g/mol. The number of nitrogens with zero attached hydrogens (tertiary/aromatic N) is 2. The van der Waals surface area contributed by atoms with Crippen molar-refractivity contribution in [2.24, 2.45) is 0 Å². The average Bonchev–Trinajstić information content (AvgIpc) is 2.27. The minimum Gasteiger partial charge on any atom is -0.381 e. The Labute approximate surface area is 99.3 Å². The molecule has 0 bridgehead atoms. The Hall–Kier alpha value is -1.61. The van der Waals surface area contributed by atoms with Gasteiger partial charge in [0.1, 0.15) is 0 Å². The first-order valence-corrected chi connectivity index (χ1v) is 5.36. The number of hydrogen-bond acceptors (Lipinski definition) is 3. The number of anilines is 1. The number of hydrogen-bond donors (Lipinski definition) is 1. The van der Waals surface area contributed by atoms with E-state index in [-0.39, 0.29) is 5.82 Å². The SMILES string of the molecule is Cc1ccc(Cc2cc(Cl)c(N)nn2)cc1. The maximum Gasteiger partial charge on any atom is 0.164 e. The summed E-state index contributed by atoms with van der Waals surface area (Å²) in [6, 6.07) is 10.0. The van der Waals surface area contributed by atoms with E-state index in [0.29, 0.717) is 11.4 Å². The van der Waals surface area contributed by atoms with Gasteiger partial charge in [-0.15, -0.1) is 5.10 Å². The number of rotatable bonds is 2. The van der Waals surface area contributed by atoms with Gasteiger partial charge in [-0.25, -0.2) is 0 Å². The van der Waals surface area contributed by atoms with E-state index in [1.54, 1.807) is 6.07 Å². The van der Waals surface area contributed by atoms with Gasteiger partial charge in [0.25, 0.3) is 0 Å². The molecule has 0 fully saturated rings. The van der Waals surface area contributed by atoms with Crippen molar-refractivity contribution in [1.82, 2.24) is 10.2 Å². The zero-order valence-electron chi connectivity index (χ0n) is 8.94. The van der Waals surface area contributed by atoms with E-state index in [0.717, 1.165) is 5.69 Å². The van der Waals surface area contributed by atoms with Crippen LogP contribution in [-0.4, -0.2) is 10.2 Å². The van der Waals surface area contributed by atoms with E-state index in [1.807, 2.05) is 0 Å². The fraction of sp³-hybridized carbons (Fsp3) is 0.167. The summed E-state index contributed by atoms with van der Waals surface area (Å²) in [6.07, 6.45) is 0.716. The molecule has 2 N–H and O–H groups in total. The Balaban J connectivity index is 2.20. The van der Waals surface area contributed by atoms with Gasteiger partial charge >= 0.3 is 0 Å². The van der Waals surface area contributed by atoms with Gasteiger partial charge in [0, 0.05) is 6.42 Å². The van der Waals surface area contributed by atoms with Crippen LogP contribution in [0.4, 0.5) is 5.82 Å². The fourth-order valence-corrected chi connectivity index (χ4v) is 1.58. The van der Waals surface area contributed by atoms with Gasteiger partial charge in [-0.2, -0.15) is 5.10 Å². The number of nitrogens with two attached hydrogens (primary N) is 1. The predicted molar refractivity (Wildman–Crippen MR) is 65.4 cm³/mol. The van der Waals surface area contributed by atoms with Gasteiger partial charge in [-0.05, 0) is 18.6 Å². The van der Waals surface area contributed by atoms with Crippen LogP contribution in [0.15, 0.2) is 30.3 Å². The summed E-state index contributed by atoms with van der Waals surface area (Å²) < 4.78 is 0. The van der Waals surface area contributed by atoms with Crippen molar-refractivity contribution in [3.63, 3.8) is 0 Å². The molecule has 2 aromatic rings. The Morgan fingerprint density at radius 1 is 1.19 bits per heavy atom. The first-order chi connectivity index (χ1) is 7.65. The normalized spacial score (nSPS) is 10.4. The van der Waals surface area contributed by atoms with Gasteiger partial charge in [0.05, 0.1) is 10.7 Å². The van der Waals surface area contributed by atoms with Crippen LogP contribution < -0.4 is 5.73 Å². The smallest absolute Gasteiger partial charge is 0.164 e. The van der Waals surface area contributed by atoms with Crippen LogP contribution in [0.3, 0.4) is 0 Å². The van der Waals surface area contributed by atoms with Crippen molar-refractivity contribution in [1.29, 1.82) is 0 Å². The molecule has 0 aliphatic heterocycles. The topological polar surface area (TPSA) is 51.8 Å². The van der Waals surface area contributed by atoms with Gasteiger partial charge < -0.3 is 5.73 Å². The lowest BCUT2D eigenvalue weighted by Crippen LogP contribution is -1.99. The summed E-state index contributed by atoms with van der Waals surface area (Å²) in [6.45, 7) is 2.06. The first kappa shape index (κ1) is 10.9. The maximum atomic E-state index is 5.88. The van der Waals surface area contributed by atoms with E-state index < -0.39 is 0 Å². The molecule has 0 unspecified atom stereocenters. The predicted octanol–water partition coefficient (Wildman–Crippen LogP) is 2.61. The highest BCUT2D eigenvalue weighted by Gasteiger charge is 2.02. The zero-order valence-corrected chi connectivity index (χ0v) is 9.70. The maximum absolute atomic E-state index is 5.88. The van der Waals surface area contributed by atoms with Crippen LogP contribution in [0, 0.1) is 6.92 Å². The molecule has 0 aliphatic carbocycles. The number of halogens is 1. The quantitative estimate of drug-likeness (QED) is 0.868.